The Morgan fingerprint density at radius 2 is 1.66 bits per heavy atom. The zero-order valence-electron chi connectivity index (χ0n) is 18.3. The second-order valence-corrected chi connectivity index (χ2v) is 8.95. The number of fused-ring (bicyclic) bond motifs is 2. The number of pyridine rings is 1. The van der Waals surface area contributed by atoms with Gasteiger partial charge in [-0.1, -0.05) is 24.3 Å². The highest BCUT2D eigenvalue weighted by Gasteiger charge is 2.44. The van der Waals surface area contributed by atoms with E-state index in [9.17, 15) is 23.7 Å². The van der Waals surface area contributed by atoms with Crippen LogP contribution in [0, 0.1) is 5.82 Å². The van der Waals surface area contributed by atoms with Crippen molar-refractivity contribution >= 4 is 30.5 Å². The number of nitrogens with zero attached hydrogens (tertiary/aromatic N) is 2. The number of amides is 2. The Morgan fingerprint density at radius 3 is 2.29 bits per heavy atom. The van der Waals surface area contributed by atoms with Gasteiger partial charge in [-0.15, -0.1) is 13.2 Å². The van der Waals surface area contributed by atoms with Gasteiger partial charge in [0.1, 0.15) is 16.9 Å². The van der Waals surface area contributed by atoms with Crippen LogP contribution < -0.4 is 4.52 Å². The summed E-state index contributed by atoms with van der Waals surface area (Å²) in [6, 6.07) is 8.23. The van der Waals surface area contributed by atoms with E-state index < -0.39 is 31.2 Å². The number of phosphoric ester groups is 1. The van der Waals surface area contributed by atoms with E-state index in [-0.39, 0.29) is 47.5 Å². The van der Waals surface area contributed by atoms with Crippen molar-refractivity contribution in [1.82, 2.24) is 9.88 Å². The quantitative estimate of drug-likeness (QED) is 0.242. The van der Waals surface area contributed by atoms with Gasteiger partial charge >= 0.3 is 7.82 Å². The number of aromatic nitrogens is 1. The molecule has 11 heteroatoms. The lowest BCUT2D eigenvalue weighted by Gasteiger charge is -2.20. The fourth-order valence-electron chi connectivity index (χ4n) is 3.54. The highest BCUT2D eigenvalue weighted by Crippen LogP contribution is 2.54. The first-order valence-electron chi connectivity index (χ1n) is 10.3. The molecule has 4 rings (SSSR count). The lowest BCUT2D eigenvalue weighted by molar-refractivity contribution is 0.0641. The summed E-state index contributed by atoms with van der Waals surface area (Å²) in [6.45, 7) is 6.40. The Bertz CT molecular complexity index is 1370. The van der Waals surface area contributed by atoms with E-state index in [0.29, 0.717) is 5.56 Å². The van der Waals surface area contributed by atoms with E-state index in [1.807, 2.05) is 0 Å². The van der Waals surface area contributed by atoms with E-state index in [1.54, 1.807) is 0 Å². The van der Waals surface area contributed by atoms with E-state index >= 15 is 0 Å². The molecule has 0 fully saturated rings. The maximum Gasteiger partial charge on any atom is 0.530 e. The number of hydrogen-bond donors (Lipinski definition) is 1. The van der Waals surface area contributed by atoms with Gasteiger partial charge in [0.05, 0.1) is 25.3 Å². The maximum absolute atomic E-state index is 13.4. The van der Waals surface area contributed by atoms with E-state index in [4.69, 9.17) is 13.6 Å². The topological polar surface area (TPSA) is 115 Å². The molecule has 0 bridgehead atoms. The zero-order chi connectivity index (χ0) is 25.2. The third-order valence-electron chi connectivity index (χ3n) is 5.07. The van der Waals surface area contributed by atoms with Crippen LogP contribution in [0.4, 0.5) is 4.39 Å². The van der Waals surface area contributed by atoms with E-state index in [2.05, 4.69) is 18.1 Å². The lowest BCUT2D eigenvalue weighted by atomic mass is 10.0. The van der Waals surface area contributed by atoms with Crippen LogP contribution in [0.5, 0.6) is 11.5 Å². The summed E-state index contributed by atoms with van der Waals surface area (Å²) < 4.78 is 42.8. The number of aromatic hydroxyl groups is 1. The van der Waals surface area contributed by atoms with Crippen molar-refractivity contribution in [3.05, 3.63) is 90.4 Å². The predicted octanol–water partition coefficient (Wildman–Crippen LogP) is 4.77. The molecule has 1 aliphatic rings. The number of phenols is 1. The third-order valence-corrected chi connectivity index (χ3v) is 6.40. The number of phosphoric acid groups is 1. The van der Waals surface area contributed by atoms with Gasteiger partial charge < -0.3 is 9.63 Å². The summed E-state index contributed by atoms with van der Waals surface area (Å²) >= 11 is 0. The number of rotatable bonds is 10. The molecule has 1 aliphatic heterocycles. The molecular weight excluding hydrogens is 478 g/mol. The van der Waals surface area contributed by atoms with Crippen LogP contribution >= 0.6 is 7.82 Å². The molecule has 2 amide bonds. The summed E-state index contributed by atoms with van der Waals surface area (Å²) in [5.41, 5.74) is -0.262. The van der Waals surface area contributed by atoms with E-state index in [1.165, 1.54) is 54.7 Å². The molecule has 35 heavy (non-hydrogen) atoms. The highest BCUT2D eigenvalue weighted by molar-refractivity contribution is 7.49. The van der Waals surface area contributed by atoms with Gasteiger partial charge in [0.15, 0.2) is 11.5 Å². The standard InChI is InChI=1S/C24H20FN2O7P/c1-3-12-32-35(31,33-13-4-2)34-22-17-6-5-11-26-20(17)21(28)18-19(22)24(30)27(23(18)29)14-15-7-9-16(25)10-8-15/h3-11,28H,1-2,12-14H2. The molecule has 3 aromatic rings. The van der Waals surface area contributed by atoms with Crippen molar-refractivity contribution in [3.8, 4) is 11.5 Å². The lowest BCUT2D eigenvalue weighted by Crippen LogP contribution is -2.29. The fraction of sp³-hybridized carbons (Fsp3) is 0.125. The van der Waals surface area contributed by atoms with Crippen LogP contribution in [0.3, 0.4) is 0 Å². The SMILES string of the molecule is C=CCOP(=O)(OCC=C)Oc1c2c(c(O)c3ncccc13)C(=O)N(Cc1ccc(F)cc1)C2=O. The number of halogens is 1. The number of benzene rings is 2. The Hall–Kier alpha value is -3.85. The zero-order valence-corrected chi connectivity index (χ0v) is 19.2. The van der Waals surface area contributed by atoms with Crippen LogP contribution in [0.1, 0.15) is 26.3 Å². The van der Waals surface area contributed by atoms with Crippen LogP contribution in [0.2, 0.25) is 0 Å². The molecule has 0 spiro atoms. The first kappa shape index (κ1) is 24.3. The summed E-state index contributed by atoms with van der Waals surface area (Å²) in [4.78, 5) is 31.6. The molecule has 2 heterocycles. The van der Waals surface area contributed by atoms with Gasteiger partial charge in [0.25, 0.3) is 11.8 Å². The monoisotopic (exact) mass is 498 g/mol. The molecular formula is C24H20FN2O7P. The highest BCUT2D eigenvalue weighted by atomic mass is 31.2. The van der Waals surface area contributed by atoms with Crippen molar-refractivity contribution in [2.24, 2.45) is 0 Å². The molecule has 0 saturated heterocycles. The summed E-state index contributed by atoms with van der Waals surface area (Å²) in [6.07, 6.45) is 4.03. The Morgan fingerprint density at radius 1 is 1.03 bits per heavy atom. The second kappa shape index (κ2) is 9.79. The Labute approximate surface area is 199 Å². The minimum Gasteiger partial charge on any atom is -0.505 e. The molecule has 0 atom stereocenters. The molecule has 0 aliphatic carbocycles. The molecule has 1 N–H and O–H groups in total. The van der Waals surface area contributed by atoms with Crippen LogP contribution in [-0.2, 0) is 20.2 Å². The average molecular weight is 498 g/mol. The van der Waals surface area contributed by atoms with Crippen LogP contribution in [0.25, 0.3) is 10.9 Å². The van der Waals surface area contributed by atoms with Crippen LogP contribution in [0.15, 0.2) is 67.9 Å². The smallest absolute Gasteiger partial charge is 0.505 e. The fourth-order valence-corrected chi connectivity index (χ4v) is 4.71. The minimum absolute atomic E-state index is 0.0509. The number of imide groups is 1. The Kier molecular flexibility index (Phi) is 6.79. The van der Waals surface area contributed by atoms with Crippen molar-refractivity contribution in [3.63, 3.8) is 0 Å². The van der Waals surface area contributed by atoms with Gasteiger partial charge in [0.2, 0.25) is 0 Å². The summed E-state index contributed by atoms with van der Waals surface area (Å²) in [5, 5.41) is 11.0. The summed E-state index contributed by atoms with van der Waals surface area (Å²) in [5.74, 6) is -2.94. The minimum atomic E-state index is -4.34. The van der Waals surface area contributed by atoms with Gasteiger partial charge in [-0.3, -0.25) is 28.5 Å². The summed E-state index contributed by atoms with van der Waals surface area (Å²) in [7, 11) is -4.34. The second-order valence-electron chi connectivity index (χ2n) is 7.36. The van der Waals surface area contributed by atoms with Gasteiger partial charge in [-0.25, -0.2) is 8.96 Å². The first-order chi connectivity index (χ1) is 16.8. The normalized spacial score (nSPS) is 13.2. The molecule has 180 valence electrons. The molecule has 9 nitrogen and oxygen atoms in total. The van der Waals surface area contributed by atoms with Crippen LogP contribution in [-0.4, -0.2) is 40.0 Å². The first-order valence-corrected chi connectivity index (χ1v) is 11.8. The van der Waals surface area contributed by atoms with Gasteiger partial charge in [0, 0.05) is 11.6 Å². The molecule has 0 unspecified atom stereocenters. The van der Waals surface area contributed by atoms with Gasteiger partial charge in [-0.05, 0) is 29.8 Å². The predicted molar refractivity (Wildman–Crippen MR) is 125 cm³/mol. The van der Waals surface area contributed by atoms with Crippen molar-refractivity contribution in [2.45, 2.75) is 6.54 Å². The third kappa shape index (κ3) is 4.59. The van der Waals surface area contributed by atoms with Crippen molar-refractivity contribution < 1.29 is 37.2 Å². The number of phenolic OH excluding ortho intramolecular Hbond substituents is 1. The maximum atomic E-state index is 13.4. The Balaban J connectivity index is 1.86. The van der Waals surface area contributed by atoms with Gasteiger partial charge in [-0.2, -0.15) is 0 Å². The average Bonchev–Trinajstić information content (AvgIpc) is 3.10. The van der Waals surface area contributed by atoms with E-state index in [0.717, 1.165) is 4.90 Å². The largest absolute Gasteiger partial charge is 0.530 e. The molecule has 0 radical (unpaired) electrons. The molecule has 0 saturated carbocycles. The number of carbonyl (C=O) groups is 2. The van der Waals surface area contributed by atoms with Crippen molar-refractivity contribution in [1.29, 1.82) is 0 Å². The van der Waals surface area contributed by atoms with Crippen molar-refractivity contribution in [2.75, 3.05) is 13.2 Å². The number of hydrogen-bond acceptors (Lipinski definition) is 8. The molecule has 1 aromatic heterocycles. The molecule has 2 aromatic carbocycles. The number of carbonyl (C=O) groups excluding carboxylic acids is 2.